The number of aromatic nitrogens is 1. The van der Waals surface area contributed by atoms with Gasteiger partial charge in [-0.15, -0.1) is 24.8 Å². The summed E-state index contributed by atoms with van der Waals surface area (Å²) < 4.78 is 26.0. The van der Waals surface area contributed by atoms with Crippen LogP contribution in [0.1, 0.15) is 12.8 Å². The van der Waals surface area contributed by atoms with E-state index in [-0.39, 0.29) is 29.7 Å². The molecule has 19 heavy (non-hydrogen) atoms. The molecule has 0 spiro atoms. The zero-order chi connectivity index (χ0) is 12.3. The fraction of sp³-hybridized carbons (Fsp3) is 0.545. The lowest BCUT2D eigenvalue weighted by molar-refractivity contribution is 0.278. The van der Waals surface area contributed by atoms with Gasteiger partial charge >= 0.3 is 0 Å². The van der Waals surface area contributed by atoms with Gasteiger partial charge in [-0.25, -0.2) is 8.42 Å². The predicted molar refractivity (Wildman–Crippen MR) is 79.3 cm³/mol. The second-order valence-electron chi connectivity index (χ2n) is 4.27. The summed E-state index contributed by atoms with van der Waals surface area (Å²) in [6, 6.07) is 3.22. The normalized spacial score (nSPS) is 17.3. The summed E-state index contributed by atoms with van der Waals surface area (Å²) in [4.78, 5) is 4.12. The van der Waals surface area contributed by atoms with Crippen LogP contribution in [0.15, 0.2) is 29.4 Å². The first-order chi connectivity index (χ1) is 8.14. The second-order valence-corrected chi connectivity index (χ2v) is 6.21. The highest BCUT2D eigenvalue weighted by molar-refractivity contribution is 7.89. The van der Waals surface area contributed by atoms with Crippen molar-refractivity contribution in [1.29, 1.82) is 0 Å². The standard InChI is InChI=1S/C11H17N3O2S.2ClH/c12-8-10-3-6-14(7-4-10)17(15,16)11-2-1-5-13-9-11;;/h1-2,5,9-10H,3-4,6-8,12H2;2*1H. The van der Waals surface area contributed by atoms with Gasteiger partial charge in [0.15, 0.2) is 0 Å². The number of pyridine rings is 1. The Labute approximate surface area is 126 Å². The van der Waals surface area contributed by atoms with E-state index in [1.54, 1.807) is 18.3 Å². The molecule has 110 valence electrons. The van der Waals surface area contributed by atoms with Crippen molar-refractivity contribution in [3.8, 4) is 0 Å². The van der Waals surface area contributed by atoms with Gasteiger partial charge in [0.25, 0.3) is 0 Å². The van der Waals surface area contributed by atoms with Crippen LogP contribution in [0.4, 0.5) is 0 Å². The fourth-order valence-electron chi connectivity index (χ4n) is 2.03. The smallest absolute Gasteiger partial charge is 0.244 e. The molecule has 0 saturated carbocycles. The average Bonchev–Trinajstić information content (AvgIpc) is 2.40. The van der Waals surface area contributed by atoms with Gasteiger partial charge in [0, 0.05) is 25.5 Å². The van der Waals surface area contributed by atoms with Crippen LogP contribution in [-0.2, 0) is 10.0 Å². The first kappa shape index (κ1) is 18.6. The van der Waals surface area contributed by atoms with E-state index >= 15 is 0 Å². The molecule has 0 aromatic carbocycles. The largest absolute Gasteiger partial charge is 0.330 e. The van der Waals surface area contributed by atoms with E-state index in [9.17, 15) is 8.42 Å². The highest BCUT2D eigenvalue weighted by Gasteiger charge is 2.28. The van der Waals surface area contributed by atoms with E-state index in [4.69, 9.17) is 5.73 Å². The van der Waals surface area contributed by atoms with Crippen LogP contribution in [0.25, 0.3) is 0 Å². The Kier molecular flexibility index (Phi) is 7.85. The quantitative estimate of drug-likeness (QED) is 0.907. The first-order valence-corrected chi connectivity index (χ1v) is 7.19. The summed E-state index contributed by atoms with van der Waals surface area (Å²) in [6.45, 7) is 1.75. The summed E-state index contributed by atoms with van der Waals surface area (Å²) in [6.07, 6.45) is 4.65. The lowest BCUT2D eigenvalue weighted by Crippen LogP contribution is -2.40. The van der Waals surface area contributed by atoms with Crippen LogP contribution < -0.4 is 5.73 Å². The van der Waals surface area contributed by atoms with Crippen molar-refractivity contribution in [3.63, 3.8) is 0 Å². The molecule has 5 nitrogen and oxygen atoms in total. The minimum atomic E-state index is -3.36. The molecule has 0 amide bonds. The summed E-state index contributed by atoms with van der Waals surface area (Å²) in [5.41, 5.74) is 5.59. The highest BCUT2D eigenvalue weighted by atomic mass is 35.5. The number of nitrogens with two attached hydrogens (primary N) is 1. The molecule has 1 fully saturated rings. The molecule has 2 heterocycles. The molecular formula is C11H19Cl2N3O2S. The number of piperidine rings is 1. The summed E-state index contributed by atoms with van der Waals surface area (Å²) in [5, 5.41) is 0. The van der Waals surface area contributed by atoms with E-state index in [2.05, 4.69) is 4.98 Å². The van der Waals surface area contributed by atoms with Crippen molar-refractivity contribution >= 4 is 34.8 Å². The van der Waals surface area contributed by atoms with E-state index in [0.29, 0.717) is 25.6 Å². The first-order valence-electron chi connectivity index (χ1n) is 5.75. The highest BCUT2D eigenvalue weighted by Crippen LogP contribution is 2.22. The Morgan fingerprint density at radius 1 is 1.32 bits per heavy atom. The maximum Gasteiger partial charge on any atom is 0.244 e. The van der Waals surface area contributed by atoms with Gasteiger partial charge in [0.05, 0.1) is 0 Å². The Morgan fingerprint density at radius 2 is 1.95 bits per heavy atom. The van der Waals surface area contributed by atoms with Gasteiger partial charge in [0.1, 0.15) is 4.90 Å². The third-order valence-corrected chi connectivity index (χ3v) is 5.06. The number of sulfonamides is 1. The van der Waals surface area contributed by atoms with Crippen LogP contribution in [0.3, 0.4) is 0 Å². The van der Waals surface area contributed by atoms with Crippen LogP contribution in [0, 0.1) is 5.92 Å². The number of halogens is 2. The van der Waals surface area contributed by atoms with Crippen molar-refractivity contribution in [1.82, 2.24) is 9.29 Å². The number of hydrogen-bond acceptors (Lipinski definition) is 4. The molecule has 0 radical (unpaired) electrons. The van der Waals surface area contributed by atoms with Crippen LogP contribution in [-0.4, -0.2) is 37.3 Å². The predicted octanol–water partition coefficient (Wildman–Crippen LogP) is 1.28. The Bertz CT molecular complexity index is 462. The topological polar surface area (TPSA) is 76.3 Å². The maximum absolute atomic E-state index is 12.2. The third kappa shape index (κ3) is 4.29. The zero-order valence-corrected chi connectivity index (χ0v) is 12.9. The Morgan fingerprint density at radius 3 is 2.42 bits per heavy atom. The van der Waals surface area contributed by atoms with E-state index < -0.39 is 10.0 Å². The molecule has 1 saturated heterocycles. The second kappa shape index (κ2) is 8.01. The molecule has 0 atom stereocenters. The van der Waals surface area contributed by atoms with Crippen LogP contribution >= 0.6 is 24.8 Å². The van der Waals surface area contributed by atoms with Crippen molar-refractivity contribution in [2.45, 2.75) is 17.7 Å². The lowest BCUT2D eigenvalue weighted by atomic mass is 9.99. The van der Waals surface area contributed by atoms with Crippen molar-refractivity contribution in [3.05, 3.63) is 24.5 Å². The summed E-state index contributed by atoms with van der Waals surface area (Å²) >= 11 is 0. The Balaban J connectivity index is 0.00000162. The van der Waals surface area contributed by atoms with Crippen molar-refractivity contribution in [2.24, 2.45) is 11.7 Å². The molecule has 2 N–H and O–H groups in total. The summed E-state index contributed by atoms with van der Waals surface area (Å²) in [5.74, 6) is 0.454. The zero-order valence-electron chi connectivity index (χ0n) is 10.4. The molecular weight excluding hydrogens is 309 g/mol. The molecule has 1 aromatic rings. The molecule has 1 aliphatic heterocycles. The molecule has 1 aliphatic rings. The summed E-state index contributed by atoms with van der Waals surface area (Å²) in [7, 11) is -3.36. The number of rotatable bonds is 3. The van der Waals surface area contributed by atoms with Gasteiger partial charge in [-0.1, -0.05) is 0 Å². The van der Waals surface area contributed by atoms with Crippen LogP contribution in [0.5, 0.6) is 0 Å². The molecule has 0 bridgehead atoms. The van der Waals surface area contributed by atoms with Gasteiger partial charge in [0.2, 0.25) is 10.0 Å². The third-order valence-electron chi connectivity index (χ3n) is 3.18. The van der Waals surface area contributed by atoms with Gasteiger partial charge < -0.3 is 5.73 Å². The van der Waals surface area contributed by atoms with Crippen LogP contribution in [0.2, 0.25) is 0 Å². The van der Waals surface area contributed by atoms with E-state index in [1.807, 2.05) is 0 Å². The van der Waals surface area contributed by atoms with E-state index in [1.165, 1.54) is 10.5 Å². The monoisotopic (exact) mass is 327 g/mol. The Hall–Kier alpha value is -0.400. The lowest BCUT2D eigenvalue weighted by Gasteiger charge is -2.30. The number of hydrogen-bond donors (Lipinski definition) is 1. The van der Waals surface area contributed by atoms with Crippen molar-refractivity contribution < 1.29 is 8.42 Å². The van der Waals surface area contributed by atoms with Crippen molar-refractivity contribution in [2.75, 3.05) is 19.6 Å². The molecule has 0 aliphatic carbocycles. The van der Waals surface area contributed by atoms with Gasteiger partial charge in [-0.3, -0.25) is 4.98 Å². The molecule has 0 unspecified atom stereocenters. The van der Waals surface area contributed by atoms with Gasteiger partial charge in [-0.05, 0) is 37.4 Å². The molecule has 2 rings (SSSR count). The fourth-order valence-corrected chi connectivity index (χ4v) is 3.47. The SMILES string of the molecule is Cl.Cl.NCC1CCN(S(=O)(=O)c2cccnc2)CC1. The minimum absolute atomic E-state index is 0. The average molecular weight is 328 g/mol. The number of nitrogens with zero attached hydrogens (tertiary/aromatic N) is 2. The maximum atomic E-state index is 12.2. The molecule has 1 aromatic heterocycles. The minimum Gasteiger partial charge on any atom is -0.330 e. The van der Waals surface area contributed by atoms with E-state index in [0.717, 1.165) is 12.8 Å². The molecule has 8 heteroatoms. The van der Waals surface area contributed by atoms with Gasteiger partial charge in [-0.2, -0.15) is 4.31 Å².